The van der Waals surface area contributed by atoms with Crippen LogP contribution in [0.25, 0.3) is 0 Å². The molecule has 0 saturated heterocycles. The summed E-state index contributed by atoms with van der Waals surface area (Å²) < 4.78 is 26.3. The summed E-state index contributed by atoms with van der Waals surface area (Å²) in [5.74, 6) is -0.840. The zero-order valence-electron chi connectivity index (χ0n) is 18.6. The van der Waals surface area contributed by atoms with E-state index in [4.69, 9.17) is 11.1 Å². The number of aliphatic hydroxyl groups excluding tert-OH is 1. The number of sulfonamides is 1. The third-order valence-corrected chi connectivity index (χ3v) is 6.72. The van der Waals surface area contributed by atoms with E-state index in [0.717, 1.165) is 5.56 Å². The van der Waals surface area contributed by atoms with Crippen molar-refractivity contribution in [3.63, 3.8) is 0 Å². The van der Waals surface area contributed by atoms with Gasteiger partial charge in [0.15, 0.2) is 0 Å². The predicted octanol–water partition coefficient (Wildman–Crippen LogP) is 0.150. The first-order valence-electron chi connectivity index (χ1n) is 10.2. The summed E-state index contributed by atoms with van der Waals surface area (Å²) in [6.45, 7) is 3.19. The van der Waals surface area contributed by atoms with Crippen LogP contribution in [0.1, 0.15) is 39.2 Å². The summed E-state index contributed by atoms with van der Waals surface area (Å²) in [5.41, 5.74) is 6.78. The number of carbonyl (C=O) groups excluding carboxylic acids is 2. The normalized spacial score (nSPS) is 14.2. The molecule has 10 nitrogen and oxygen atoms in total. The number of nitrogens with two attached hydrogens (primary N) is 1. The lowest BCUT2D eigenvalue weighted by molar-refractivity contribution is -0.131. The van der Waals surface area contributed by atoms with Crippen molar-refractivity contribution in [2.45, 2.75) is 51.4 Å². The Balaban J connectivity index is 0.0000102. The second-order valence-corrected chi connectivity index (χ2v) is 10.2. The van der Waals surface area contributed by atoms with Gasteiger partial charge >= 0.3 is 0 Å². The molecule has 2 amide bonds. The lowest BCUT2D eigenvalue weighted by Gasteiger charge is -2.24. The Bertz CT molecular complexity index is 881. The van der Waals surface area contributed by atoms with E-state index in [-0.39, 0.29) is 19.6 Å². The Morgan fingerprint density at radius 1 is 1.25 bits per heavy atom. The van der Waals surface area contributed by atoms with Gasteiger partial charge in [0.05, 0.1) is 11.9 Å². The number of benzene rings is 1. The van der Waals surface area contributed by atoms with E-state index in [1.807, 2.05) is 6.26 Å². The van der Waals surface area contributed by atoms with Crippen molar-refractivity contribution in [1.29, 1.82) is 5.41 Å². The van der Waals surface area contributed by atoms with Gasteiger partial charge in [0.25, 0.3) is 0 Å². The number of nitrogens with one attached hydrogen (secondary N) is 4. The van der Waals surface area contributed by atoms with Gasteiger partial charge in [-0.1, -0.05) is 31.2 Å². The highest BCUT2D eigenvalue weighted by Crippen LogP contribution is 2.07. The molecule has 0 aliphatic heterocycles. The van der Waals surface area contributed by atoms with Crippen LogP contribution in [0.4, 0.5) is 0 Å². The SMILES string of the molecule is CCCS(=O)(=O)N[C@@H](C(=O)N[C@@H](CCSC)C(=O)NCc1ccc(C(=N)N)cc1)C(C)O.[HH]. The van der Waals surface area contributed by atoms with Crippen LogP contribution in [0.3, 0.4) is 0 Å². The summed E-state index contributed by atoms with van der Waals surface area (Å²) in [6, 6.07) is 4.51. The molecule has 0 saturated carbocycles. The van der Waals surface area contributed by atoms with Gasteiger partial charge in [-0.25, -0.2) is 13.1 Å². The number of hydrogen-bond donors (Lipinski definition) is 6. The molecule has 32 heavy (non-hydrogen) atoms. The molecule has 0 spiro atoms. The Hall–Kier alpha value is -2.15. The number of rotatable bonds is 14. The van der Waals surface area contributed by atoms with E-state index in [1.165, 1.54) is 18.7 Å². The van der Waals surface area contributed by atoms with Gasteiger partial charge in [-0.3, -0.25) is 15.0 Å². The quantitative estimate of drug-likeness (QED) is 0.159. The number of amidine groups is 1. The first-order chi connectivity index (χ1) is 15.0. The van der Waals surface area contributed by atoms with Gasteiger partial charge in [0.1, 0.15) is 17.9 Å². The summed E-state index contributed by atoms with van der Waals surface area (Å²) in [5, 5.41) is 22.7. The van der Waals surface area contributed by atoms with E-state index in [1.54, 1.807) is 31.2 Å². The fraction of sp³-hybridized carbons (Fsp3) is 0.550. The second kappa shape index (κ2) is 13.4. The average molecular weight is 490 g/mol. The summed E-state index contributed by atoms with van der Waals surface area (Å²) in [7, 11) is -3.75. The maximum atomic E-state index is 12.7. The maximum Gasteiger partial charge on any atom is 0.242 e. The minimum Gasteiger partial charge on any atom is -0.391 e. The van der Waals surface area contributed by atoms with E-state index < -0.39 is 40.0 Å². The zero-order chi connectivity index (χ0) is 24.3. The fourth-order valence-corrected chi connectivity index (χ4v) is 4.59. The highest BCUT2D eigenvalue weighted by Gasteiger charge is 2.31. The number of hydrogen-bond acceptors (Lipinski definition) is 7. The largest absolute Gasteiger partial charge is 0.391 e. The highest BCUT2D eigenvalue weighted by atomic mass is 32.2. The topological polar surface area (TPSA) is 174 Å². The standard InChI is InChI=1S/C20H33N5O5S2.H2/c1-4-11-32(29,30)25-17(13(2)26)20(28)24-16(9-10-31-3)19(27)23-12-14-5-7-15(8-6-14)18(21)22;/h5-8,13,16-17,25-26H,4,9-12H2,1-3H3,(H3,21,22)(H,23,27)(H,24,28);1H/t13?,16-,17+;/m0./s1. The van der Waals surface area contributed by atoms with Crippen molar-refractivity contribution in [2.75, 3.05) is 17.8 Å². The zero-order valence-corrected chi connectivity index (χ0v) is 20.2. The lowest BCUT2D eigenvalue weighted by atomic mass is 10.1. The third kappa shape index (κ3) is 9.55. The Kier molecular flexibility index (Phi) is 11.7. The van der Waals surface area contributed by atoms with Gasteiger partial charge in [-0.2, -0.15) is 11.8 Å². The van der Waals surface area contributed by atoms with Crippen LogP contribution in [-0.2, 0) is 26.2 Å². The molecule has 1 rings (SSSR count). The number of aliphatic hydroxyl groups is 1. The van der Waals surface area contributed by atoms with E-state index >= 15 is 0 Å². The molecule has 7 N–H and O–H groups in total. The molecule has 0 aliphatic carbocycles. The van der Waals surface area contributed by atoms with E-state index in [2.05, 4.69) is 15.4 Å². The third-order valence-electron chi connectivity index (χ3n) is 4.52. The predicted molar refractivity (Wildman–Crippen MR) is 129 cm³/mol. The molecular formula is C20H35N5O5S2. The molecule has 0 radical (unpaired) electrons. The molecule has 0 aromatic heterocycles. The summed E-state index contributed by atoms with van der Waals surface area (Å²) in [6.07, 6.45) is 1.27. The number of carbonyl (C=O) groups is 2. The minimum absolute atomic E-state index is 0. The summed E-state index contributed by atoms with van der Waals surface area (Å²) >= 11 is 1.50. The molecule has 0 bridgehead atoms. The first-order valence-corrected chi connectivity index (χ1v) is 13.2. The van der Waals surface area contributed by atoms with Crippen LogP contribution in [0.15, 0.2) is 24.3 Å². The molecule has 12 heteroatoms. The molecular weight excluding hydrogens is 454 g/mol. The maximum absolute atomic E-state index is 12.7. The van der Waals surface area contributed by atoms with Crippen LogP contribution in [0, 0.1) is 5.41 Å². The Labute approximate surface area is 195 Å². The Morgan fingerprint density at radius 3 is 2.38 bits per heavy atom. The molecule has 1 aromatic carbocycles. The molecule has 0 aliphatic rings. The average Bonchev–Trinajstić information content (AvgIpc) is 2.73. The fourth-order valence-electron chi connectivity index (χ4n) is 2.77. The number of thioether (sulfide) groups is 1. The van der Waals surface area contributed by atoms with Crippen molar-refractivity contribution in [3.05, 3.63) is 35.4 Å². The first kappa shape index (κ1) is 27.9. The minimum atomic E-state index is -3.75. The highest BCUT2D eigenvalue weighted by molar-refractivity contribution is 7.98. The second-order valence-electron chi connectivity index (χ2n) is 7.33. The number of amides is 2. The van der Waals surface area contributed by atoms with Crippen LogP contribution < -0.4 is 21.1 Å². The summed E-state index contributed by atoms with van der Waals surface area (Å²) in [4.78, 5) is 25.4. The van der Waals surface area contributed by atoms with Gasteiger partial charge in [-0.15, -0.1) is 0 Å². The molecule has 0 heterocycles. The van der Waals surface area contributed by atoms with Gasteiger partial charge in [-0.05, 0) is 37.3 Å². The molecule has 1 aromatic rings. The van der Waals surface area contributed by atoms with Crippen LogP contribution in [0.5, 0.6) is 0 Å². The van der Waals surface area contributed by atoms with Crippen LogP contribution >= 0.6 is 11.8 Å². The Morgan fingerprint density at radius 2 is 1.88 bits per heavy atom. The van der Waals surface area contributed by atoms with E-state index in [9.17, 15) is 23.1 Å². The smallest absolute Gasteiger partial charge is 0.242 e. The van der Waals surface area contributed by atoms with Crippen molar-refractivity contribution in [1.82, 2.24) is 15.4 Å². The molecule has 1 unspecified atom stereocenters. The van der Waals surface area contributed by atoms with Crippen molar-refractivity contribution >= 4 is 39.4 Å². The van der Waals surface area contributed by atoms with E-state index in [0.29, 0.717) is 24.2 Å². The van der Waals surface area contributed by atoms with Gasteiger partial charge in [0.2, 0.25) is 21.8 Å². The van der Waals surface area contributed by atoms with Crippen LogP contribution in [-0.4, -0.2) is 67.1 Å². The van der Waals surface area contributed by atoms with Crippen LogP contribution in [0.2, 0.25) is 0 Å². The number of nitrogen functional groups attached to an aromatic ring is 1. The van der Waals surface area contributed by atoms with Crippen molar-refractivity contribution < 1.29 is 24.5 Å². The van der Waals surface area contributed by atoms with Gasteiger partial charge < -0.3 is 21.5 Å². The molecule has 0 fully saturated rings. The van der Waals surface area contributed by atoms with Crippen molar-refractivity contribution in [3.8, 4) is 0 Å². The monoisotopic (exact) mass is 489 g/mol. The van der Waals surface area contributed by atoms with Gasteiger partial charge in [0, 0.05) is 13.5 Å². The lowest BCUT2D eigenvalue weighted by Crippen LogP contribution is -2.57. The molecule has 3 atom stereocenters. The molecule has 182 valence electrons. The van der Waals surface area contributed by atoms with Crippen molar-refractivity contribution in [2.24, 2.45) is 5.73 Å².